The van der Waals surface area contributed by atoms with Gasteiger partial charge in [0.2, 0.25) is 0 Å². The molecule has 0 fully saturated rings. The molecule has 0 N–H and O–H groups in total. The molecule has 0 saturated carbocycles. The van der Waals surface area contributed by atoms with E-state index in [0.29, 0.717) is 3.92 Å². The van der Waals surface area contributed by atoms with Crippen molar-refractivity contribution in [3.8, 4) is 0 Å². The van der Waals surface area contributed by atoms with Gasteiger partial charge in [0.1, 0.15) is 0 Å². The summed E-state index contributed by atoms with van der Waals surface area (Å²) < 4.78 is 0.717. The largest absolute Gasteiger partial charge is 0.236 e. The summed E-state index contributed by atoms with van der Waals surface area (Å²) in [6.45, 7) is 0.0207. The van der Waals surface area contributed by atoms with Gasteiger partial charge in [0, 0.05) is 7.85 Å². The Morgan fingerprint density at radius 1 is 1.15 bits per heavy atom. The van der Waals surface area contributed by atoms with Crippen LogP contribution < -0.4 is 0 Å². The Hall–Kier alpha value is 0.640. The molecule has 1 aromatic carbocycles. The van der Waals surface area contributed by atoms with Gasteiger partial charge in [0.25, 0.3) is 0 Å². The maximum absolute atomic E-state index is 10.6. The maximum Gasteiger partial charge on any atom is 0.0940 e. The minimum atomic E-state index is 0.0207. The summed E-state index contributed by atoms with van der Waals surface area (Å²) in [5.41, 5.74) is 1.32. The van der Waals surface area contributed by atoms with Gasteiger partial charge >= 0.3 is 0 Å². The Morgan fingerprint density at radius 3 is 2.31 bits per heavy atom. The first kappa shape index (κ1) is 11.7. The first-order chi connectivity index (χ1) is 6.24. The van der Waals surface area contributed by atoms with Crippen LogP contribution in [0.1, 0.15) is 15.9 Å². The number of hydrogen-bond donors (Lipinski definition) is 0. The molecule has 0 heterocycles. The van der Waals surface area contributed by atoms with Crippen molar-refractivity contribution < 1.29 is 5.11 Å². The molecule has 0 aromatic heterocycles. The van der Waals surface area contributed by atoms with Crippen LogP contribution in [0.3, 0.4) is 0 Å². The second-order valence-corrected chi connectivity index (χ2v) is 6.14. The SMILES string of the molecule is [O]CC(I)CC(I)c1ccccc1. The van der Waals surface area contributed by atoms with Crippen LogP contribution in [0.2, 0.25) is 0 Å². The fourth-order valence-corrected chi connectivity index (χ4v) is 3.60. The van der Waals surface area contributed by atoms with Gasteiger partial charge in [-0.1, -0.05) is 75.5 Å². The van der Waals surface area contributed by atoms with Gasteiger partial charge in [-0.15, -0.1) is 0 Å². The minimum Gasteiger partial charge on any atom is -0.236 e. The van der Waals surface area contributed by atoms with Crippen LogP contribution >= 0.6 is 45.2 Å². The molecule has 2 unspecified atom stereocenters. The zero-order chi connectivity index (χ0) is 9.68. The minimum absolute atomic E-state index is 0.0207. The molecule has 0 aliphatic heterocycles. The molecule has 2 atom stereocenters. The quantitative estimate of drug-likeness (QED) is 0.541. The Labute approximate surface area is 106 Å². The van der Waals surface area contributed by atoms with Gasteiger partial charge in [0.15, 0.2) is 0 Å². The summed E-state index contributed by atoms with van der Waals surface area (Å²) in [6, 6.07) is 10.3. The zero-order valence-corrected chi connectivity index (χ0v) is 11.4. The molecular formula is C10H11I2O. The molecule has 0 amide bonds. The average Bonchev–Trinajstić information content (AvgIpc) is 2.19. The lowest BCUT2D eigenvalue weighted by molar-refractivity contribution is 0.195. The highest BCUT2D eigenvalue weighted by Crippen LogP contribution is 2.30. The van der Waals surface area contributed by atoms with Crippen LogP contribution in [0.25, 0.3) is 0 Å². The van der Waals surface area contributed by atoms with E-state index in [1.807, 2.05) is 18.2 Å². The van der Waals surface area contributed by atoms with E-state index >= 15 is 0 Å². The maximum atomic E-state index is 10.6. The second kappa shape index (κ2) is 6.19. The van der Waals surface area contributed by atoms with E-state index in [1.165, 1.54) is 5.56 Å². The highest BCUT2D eigenvalue weighted by Gasteiger charge is 2.12. The molecule has 0 aliphatic rings. The summed E-state index contributed by atoms with van der Waals surface area (Å²) in [6.07, 6.45) is 0.967. The molecule has 13 heavy (non-hydrogen) atoms. The lowest BCUT2D eigenvalue weighted by atomic mass is 10.1. The Kier molecular flexibility index (Phi) is 5.57. The van der Waals surface area contributed by atoms with E-state index < -0.39 is 0 Å². The van der Waals surface area contributed by atoms with Crippen molar-refractivity contribution >= 4 is 45.2 Å². The zero-order valence-electron chi connectivity index (χ0n) is 7.12. The van der Waals surface area contributed by atoms with E-state index in [4.69, 9.17) is 0 Å². The van der Waals surface area contributed by atoms with Crippen LogP contribution in [0, 0.1) is 0 Å². The molecule has 0 spiro atoms. The smallest absolute Gasteiger partial charge is 0.0940 e. The normalized spacial score (nSPS) is 15.3. The second-order valence-electron chi connectivity index (χ2n) is 2.88. The third-order valence-electron chi connectivity index (χ3n) is 1.80. The predicted octanol–water partition coefficient (Wildman–Crippen LogP) is 3.79. The van der Waals surface area contributed by atoms with Crippen molar-refractivity contribution in [3.63, 3.8) is 0 Å². The molecule has 1 nitrogen and oxygen atoms in total. The van der Waals surface area contributed by atoms with Crippen molar-refractivity contribution in [1.82, 2.24) is 0 Å². The number of hydrogen-bond acceptors (Lipinski definition) is 0. The van der Waals surface area contributed by atoms with Crippen molar-refractivity contribution in [1.29, 1.82) is 0 Å². The monoisotopic (exact) mass is 401 g/mol. The van der Waals surface area contributed by atoms with Crippen molar-refractivity contribution in [2.24, 2.45) is 0 Å². The number of halogens is 2. The summed E-state index contributed by atoms with van der Waals surface area (Å²) in [4.78, 5) is 0. The van der Waals surface area contributed by atoms with Crippen LogP contribution in [0.4, 0.5) is 0 Å². The molecule has 0 aliphatic carbocycles. The number of alkyl halides is 2. The van der Waals surface area contributed by atoms with Gasteiger partial charge in [-0.2, -0.15) is 0 Å². The van der Waals surface area contributed by atoms with Crippen molar-refractivity contribution in [3.05, 3.63) is 35.9 Å². The van der Waals surface area contributed by atoms with E-state index in [1.54, 1.807) is 0 Å². The molecule has 1 aromatic rings. The summed E-state index contributed by atoms with van der Waals surface area (Å²) in [5, 5.41) is 10.6. The summed E-state index contributed by atoms with van der Waals surface area (Å²) >= 11 is 4.63. The standard InChI is InChI=1S/C10H11I2O/c11-9(7-13)6-10(12)8-4-2-1-3-5-8/h1-5,9-10H,6-7H2. The highest BCUT2D eigenvalue weighted by atomic mass is 127. The summed E-state index contributed by atoms with van der Waals surface area (Å²) in [5.74, 6) is 0. The van der Waals surface area contributed by atoms with Gasteiger partial charge in [0.05, 0.1) is 6.61 Å². The molecule has 3 heteroatoms. The molecular weight excluding hydrogens is 390 g/mol. The van der Waals surface area contributed by atoms with E-state index in [-0.39, 0.29) is 10.5 Å². The molecule has 71 valence electrons. The highest BCUT2D eigenvalue weighted by molar-refractivity contribution is 14.1. The van der Waals surface area contributed by atoms with Crippen LogP contribution in [-0.4, -0.2) is 10.5 Å². The van der Waals surface area contributed by atoms with Gasteiger partial charge in [-0.05, 0) is 12.0 Å². The third kappa shape index (κ3) is 4.12. The van der Waals surface area contributed by atoms with E-state index in [2.05, 4.69) is 57.3 Å². The Balaban J connectivity index is 2.53. The van der Waals surface area contributed by atoms with E-state index in [9.17, 15) is 5.11 Å². The number of benzene rings is 1. The first-order valence-corrected chi connectivity index (χ1v) is 6.64. The van der Waals surface area contributed by atoms with Gasteiger partial charge in [-0.3, -0.25) is 0 Å². The van der Waals surface area contributed by atoms with Gasteiger partial charge < -0.3 is 0 Å². The first-order valence-electron chi connectivity index (χ1n) is 4.15. The molecule has 1 rings (SSSR count). The average molecular weight is 401 g/mol. The Morgan fingerprint density at radius 2 is 1.77 bits per heavy atom. The fourth-order valence-electron chi connectivity index (χ4n) is 1.09. The fraction of sp³-hybridized carbons (Fsp3) is 0.400. The Bertz CT molecular complexity index is 238. The van der Waals surface area contributed by atoms with Crippen molar-refractivity contribution in [2.75, 3.05) is 6.61 Å². The molecule has 0 saturated heterocycles. The van der Waals surface area contributed by atoms with Crippen LogP contribution in [0.5, 0.6) is 0 Å². The van der Waals surface area contributed by atoms with Gasteiger partial charge in [-0.25, -0.2) is 5.11 Å². The number of rotatable bonds is 4. The lowest BCUT2D eigenvalue weighted by Gasteiger charge is -2.12. The third-order valence-corrected chi connectivity index (χ3v) is 3.90. The predicted molar refractivity (Wildman–Crippen MR) is 71.2 cm³/mol. The summed E-state index contributed by atoms with van der Waals surface area (Å²) in [7, 11) is 0. The van der Waals surface area contributed by atoms with Crippen molar-refractivity contribution in [2.45, 2.75) is 14.3 Å². The topological polar surface area (TPSA) is 19.9 Å². The molecule has 1 radical (unpaired) electrons. The van der Waals surface area contributed by atoms with E-state index in [0.717, 1.165) is 6.42 Å². The van der Waals surface area contributed by atoms with Crippen LogP contribution in [0.15, 0.2) is 30.3 Å². The van der Waals surface area contributed by atoms with Crippen LogP contribution in [-0.2, 0) is 5.11 Å². The molecule has 0 bridgehead atoms. The lowest BCUT2D eigenvalue weighted by Crippen LogP contribution is -2.05.